The highest BCUT2D eigenvalue weighted by Crippen LogP contribution is 2.25. The van der Waals surface area contributed by atoms with E-state index in [-0.39, 0.29) is 12.5 Å². The molecule has 28 heavy (non-hydrogen) atoms. The Morgan fingerprint density at radius 1 is 1.11 bits per heavy atom. The molecule has 2 amide bonds. The number of carbonyl (C=O) groups is 2. The minimum atomic E-state index is -0.570. The van der Waals surface area contributed by atoms with E-state index < -0.39 is 12.0 Å². The van der Waals surface area contributed by atoms with Crippen LogP contribution < -0.4 is 15.4 Å². The van der Waals surface area contributed by atoms with Crippen LogP contribution in [0.3, 0.4) is 0 Å². The number of carbonyl (C=O) groups excluding carboxylic acids is 2. The van der Waals surface area contributed by atoms with Gasteiger partial charge < -0.3 is 20.1 Å². The van der Waals surface area contributed by atoms with Crippen molar-refractivity contribution in [1.29, 1.82) is 0 Å². The van der Waals surface area contributed by atoms with Crippen LogP contribution in [0.5, 0.6) is 5.75 Å². The lowest BCUT2D eigenvalue weighted by Gasteiger charge is -2.19. The van der Waals surface area contributed by atoms with Crippen molar-refractivity contribution >= 4 is 23.6 Å². The maximum Gasteiger partial charge on any atom is 0.315 e. The Hall–Kier alpha value is -2.73. The second-order valence-electron chi connectivity index (χ2n) is 6.21. The van der Waals surface area contributed by atoms with Gasteiger partial charge in [0.15, 0.2) is 0 Å². The maximum absolute atomic E-state index is 12.3. The van der Waals surface area contributed by atoms with Crippen LogP contribution in [-0.4, -0.2) is 32.8 Å². The molecule has 0 aliphatic heterocycles. The largest absolute Gasteiger partial charge is 0.497 e. The first kappa shape index (κ1) is 21.6. The van der Waals surface area contributed by atoms with Gasteiger partial charge in [-0.05, 0) is 42.2 Å². The van der Waals surface area contributed by atoms with Crippen LogP contribution in [0.2, 0.25) is 5.02 Å². The average molecular weight is 405 g/mol. The third-order valence-corrected chi connectivity index (χ3v) is 4.59. The molecule has 0 fully saturated rings. The number of benzene rings is 2. The Bertz CT molecular complexity index is 797. The molecular formula is C21H25ClN2O4. The van der Waals surface area contributed by atoms with E-state index in [1.807, 2.05) is 24.3 Å². The van der Waals surface area contributed by atoms with Crippen LogP contribution in [-0.2, 0) is 16.0 Å². The lowest BCUT2D eigenvalue weighted by molar-refractivity contribution is -0.141. The van der Waals surface area contributed by atoms with Crippen LogP contribution in [0.1, 0.15) is 30.0 Å². The predicted octanol–water partition coefficient (Wildman–Crippen LogP) is 3.88. The number of rotatable bonds is 9. The molecule has 2 aromatic carbocycles. The summed E-state index contributed by atoms with van der Waals surface area (Å²) in [5.41, 5.74) is 1.81. The van der Waals surface area contributed by atoms with Gasteiger partial charge in [-0.2, -0.15) is 0 Å². The number of hydrogen-bond acceptors (Lipinski definition) is 4. The molecule has 2 N–H and O–H groups in total. The highest BCUT2D eigenvalue weighted by molar-refractivity contribution is 6.31. The number of ether oxygens (including phenoxy) is 2. The molecule has 0 saturated carbocycles. The Labute approximate surface area is 170 Å². The number of esters is 1. The van der Waals surface area contributed by atoms with Crippen LogP contribution in [0.15, 0.2) is 48.5 Å². The summed E-state index contributed by atoms with van der Waals surface area (Å²) < 4.78 is 9.93. The van der Waals surface area contributed by atoms with Crippen molar-refractivity contribution in [3.63, 3.8) is 0 Å². The Morgan fingerprint density at radius 2 is 1.89 bits per heavy atom. The highest BCUT2D eigenvalue weighted by Gasteiger charge is 2.20. The quantitative estimate of drug-likeness (QED) is 0.491. The molecule has 0 heterocycles. The molecule has 0 bridgehead atoms. The summed E-state index contributed by atoms with van der Waals surface area (Å²) in [6, 6.07) is 14.0. The van der Waals surface area contributed by atoms with Gasteiger partial charge in [-0.3, -0.25) is 4.79 Å². The highest BCUT2D eigenvalue weighted by atomic mass is 35.5. The summed E-state index contributed by atoms with van der Waals surface area (Å²) in [5.74, 6) is 0.386. The normalized spacial score (nSPS) is 11.4. The number of nitrogens with one attached hydrogen (secondary N) is 2. The summed E-state index contributed by atoms with van der Waals surface area (Å²) in [5, 5.41) is 6.10. The van der Waals surface area contributed by atoms with Crippen LogP contribution >= 0.6 is 11.6 Å². The van der Waals surface area contributed by atoms with Crippen molar-refractivity contribution in [2.45, 2.75) is 25.3 Å². The van der Waals surface area contributed by atoms with E-state index >= 15 is 0 Å². The van der Waals surface area contributed by atoms with Gasteiger partial charge in [0.25, 0.3) is 0 Å². The summed E-state index contributed by atoms with van der Waals surface area (Å²) in [6.07, 6.45) is 1.58. The van der Waals surface area contributed by atoms with Gasteiger partial charge in [-0.1, -0.05) is 41.9 Å². The lowest BCUT2D eigenvalue weighted by atomic mass is 10.0. The third kappa shape index (κ3) is 6.78. The standard InChI is InChI=1S/C21H25ClN2O4/c1-27-16-9-5-7-15(13-16)8-6-12-23-21(26)24-19(14-20(25)28-2)17-10-3-4-11-18(17)22/h3-5,7,9-11,13,19H,6,8,12,14H2,1-2H3,(H2,23,24,26). The van der Waals surface area contributed by atoms with E-state index in [0.29, 0.717) is 17.1 Å². The molecule has 0 aliphatic rings. The van der Waals surface area contributed by atoms with Crippen LogP contribution in [0, 0.1) is 0 Å². The number of methoxy groups -OCH3 is 2. The Balaban J connectivity index is 1.87. The number of halogens is 1. The number of urea groups is 1. The average Bonchev–Trinajstić information content (AvgIpc) is 2.71. The molecule has 2 aromatic rings. The van der Waals surface area contributed by atoms with Gasteiger partial charge in [-0.15, -0.1) is 0 Å². The first-order chi connectivity index (χ1) is 13.5. The molecule has 6 nitrogen and oxygen atoms in total. The minimum absolute atomic E-state index is 0.00252. The van der Waals surface area contributed by atoms with Crippen molar-refractivity contribution in [1.82, 2.24) is 10.6 Å². The van der Waals surface area contributed by atoms with E-state index in [1.54, 1.807) is 31.4 Å². The first-order valence-corrected chi connectivity index (χ1v) is 9.39. The van der Waals surface area contributed by atoms with E-state index in [9.17, 15) is 9.59 Å². The molecule has 7 heteroatoms. The third-order valence-electron chi connectivity index (χ3n) is 4.25. The Kier molecular flexibility index (Phi) is 8.62. The van der Waals surface area contributed by atoms with Gasteiger partial charge in [0, 0.05) is 11.6 Å². The van der Waals surface area contributed by atoms with E-state index in [2.05, 4.69) is 10.6 Å². The van der Waals surface area contributed by atoms with Gasteiger partial charge in [0.05, 0.1) is 26.7 Å². The predicted molar refractivity (Wildman–Crippen MR) is 109 cm³/mol. The Morgan fingerprint density at radius 3 is 2.61 bits per heavy atom. The van der Waals surface area contributed by atoms with E-state index in [0.717, 1.165) is 24.2 Å². The van der Waals surface area contributed by atoms with E-state index in [1.165, 1.54) is 7.11 Å². The lowest BCUT2D eigenvalue weighted by Crippen LogP contribution is -2.39. The van der Waals surface area contributed by atoms with Crippen molar-refractivity contribution in [3.05, 3.63) is 64.7 Å². The summed E-state index contributed by atoms with van der Waals surface area (Å²) in [4.78, 5) is 24.0. The SMILES string of the molecule is COC(=O)CC(NC(=O)NCCCc1cccc(OC)c1)c1ccccc1Cl. The fourth-order valence-corrected chi connectivity index (χ4v) is 3.05. The second kappa shape index (κ2) is 11.2. The summed E-state index contributed by atoms with van der Waals surface area (Å²) in [6.45, 7) is 0.497. The van der Waals surface area contributed by atoms with Crippen molar-refractivity contribution in [2.75, 3.05) is 20.8 Å². The molecule has 0 saturated heterocycles. The van der Waals surface area contributed by atoms with Crippen molar-refractivity contribution < 1.29 is 19.1 Å². The summed E-state index contributed by atoms with van der Waals surface area (Å²) in [7, 11) is 2.94. The molecule has 1 unspecified atom stereocenters. The molecular weight excluding hydrogens is 380 g/mol. The van der Waals surface area contributed by atoms with E-state index in [4.69, 9.17) is 21.1 Å². The smallest absolute Gasteiger partial charge is 0.315 e. The van der Waals surface area contributed by atoms with Gasteiger partial charge in [0.1, 0.15) is 5.75 Å². The van der Waals surface area contributed by atoms with Crippen molar-refractivity contribution in [2.24, 2.45) is 0 Å². The zero-order valence-corrected chi connectivity index (χ0v) is 16.8. The van der Waals surface area contributed by atoms with Gasteiger partial charge in [-0.25, -0.2) is 4.79 Å². The number of aryl methyl sites for hydroxylation is 1. The fraction of sp³-hybridized carbons (Fsp3) is 0.333. The van der Waals surface area contributed by atoms with Crippen LogP contribution in [0.25, 0.3) is 0 Å². The first-order valence-electron chi connectivity index (χ1n) is 9.02. The minimum Gasteiger partial charge on any atom is -0.497 e. The zero-order chi connectivity index (χ0) is 20.4. The number of hydrogen-bond donors (Lipinski definition) is 2. The summed E-state index contributed by atoms with van der Waals surface area (Å²) >= 11 is 6.21. The molecule has 0 spiro atoms. The fourth-order valence-electron chi connectivity index (χ4n) is 2.78. The molecule has 1 atom stereocenters. The van der Waals surface area contributed by atoms with Crippen LogP contribution in [0.4, 0.5) is 4.79 Å². The second-order valence-corrected chi connectivity index (χ2v) is 6.62. The monoisotopic (exact) mass is 404 g/mol. The van der Waals surface area contributed by atoms with Gasteiger partial charge >= 0.3 is 12.0 Å². The molecule has 2 rings (SSSR count). The molecule has 150 valence electrons. The number of amides is 2. The molecule has 0 aromatic heterocycles. The van der Waals surface area contributed by atoms with Crippen molar-refractivity contribution in [3.8, 4) is 5.75 Å². The topological polar surface area (TPSA) is 76.7 Å². The zero-order valence-electron chi connectivity index (χ0n) is 16.0. The van der Waals surface area contributed by atoms with Gasteiger partial charge in [0.2, 0.25) is 0 Å². The molecule has 0 radical (unpaired) electrons. The maximum atomic E-state index is 12.3. The molecule has 0 aliphatic carbocycles.